The molecule has 0 amide bonds. The fraction of sp³-hybridized carbons (Fsp3) is 0.533. The maximum Gasteiger partial charge on any atom is 0.197 e. The van der Waals surface area contributed by atoms with Crippen molar-refractivity contribution in [1.82, 2.24) is 0 Å². The van der Waals surface area contributed by atoms with Crippen LogP contribution in [0, 0.1) is 5.82 Å². The smallest absolute Gasteiger partial charge is 0.197 e. The quantitative estimate of drug-likeness (QED) is 0.709. The fourth-order valence-corrected chi connectivity index (χ4v) is 2.21. The monoisotopic (exact) mass is 268 g/mol. The van der Waals surface area contributed by atoms with E-state index < -0.39 is 11.4 Å². The van der Waals surface area contributed by atoms with E-state index in [9.17, 15) is 9.18 Å². The molecule has 0 saturated carbocycles. The Morgan fingerprint density at radius 2 is 1.89 bits per heavy atom. The highest BCUT2D eigenvalue weighted by molar-refractivity contribution is 6.03. The number of halogens is 1. The van der Waals surface area contributed by atoms with Crippen LogP contribution in [-0.4, -0.2) is 25.1 Å². The number of ketones is 1. The van der Waals surface area contributed by atoms with E-state index in [0.717, 1.165) is 0 Å². The second-order valence-electron chi connectivity index (χ2n) is 4.29. The van der Waals surface area contributed by atoms with Gasteiger partial charge in [0.25, 0.3) is 0 Å². The molecule has 0 saturated heterocycles. The summed E-state index contributed by atoms with van der Waals surface area (Å²) >= 11 is 0. The zero-order chi connectivity index (χ0) is 14.5. The number of carbonyl (C=O) groups excluding carboxylic acids is 1. The first-order valence-electron chi connectivity index (χ1n) is 6.57. The summed E-state index contributed by atoms with van der Waals surface area (Å²) in [6, 6.07) is 4.57. The second-order valence-corrected chi connectivity index (χ2v) is 4.29. The number of hydrogen-bond donors (Lipinski definition) is 0. The third-order valence-corrected chi connectivity index (χ3v) is 3.40. The Morgan fingerprint density at radius 1 is 1.26 bits per heavy atom. The van der Waals surface area contributed by atoms with Crippen LogP contribution in [0.2, 0.25) is 0 Å². The van der Waals surface area contributed by atoms with Gasteiger partial charge < -0.3 is 9.47 Å². The van der Waals surface area contributed by atoms with Crippen molar-refractivity contribution >= 4 is 5.78 Å². The molecule has 0 N–H and O–H groups in total. The van der Waals surface area contributed by atoms with E-state index in [-0.39, 0.29) is 17.1 Å². The van der Waals surface area contributed by atoms with Crippen LogP contribution >= 0.6 is 0 Å². The number of carbonyl (C=O) groups is 1. The highest BCUT2D eigenvalue weighted by Crippen LogP contribution is 2.29. The molecule has 19 heavy (non-hydrogen) atoms. The second kappa shape index (κ2) is 6.66. The Kier molecular flexibility index (Phi) is 5.48. The summed E-state index contributed by atoms with van der Waals surface area (Å²) in [5.41, 5.74) is -0.932. The van der Waals surface area contributed by atoms with E-state index in [4.69, 9.17) is 9.47 Å². The lowest BCUT2D eigenvalue weighted by Crippen LogP contribution is -2.41. The van der Waals surface area contributed by atoms with Gasteiger partial charge in [-0.3, -0.25) is 4.79 Å². The normalized spacial score (nSPS) is 11.4. The molecule has 1 aromatic carbocycles. The van der Waals surface area contributed by atoms with E-state index in [0.29, 0.717) is 19.4 Å². The van der Waals surface area contributed by atoms with Crippen LogP contribution < -0.4 is 4.74 Å². The predicted octanol–water partition coefficient (Wildman–Crippen LogP) is 3.61. The molecule has 1 aromatic rings. The van der Waals surface area contributed by atoms with Crippen LogP contribution in [0.25, 0.3) is 0 Å². The van der Waals surface area contributed by atoms with Crippen LogP contribution in [0.1, 0.15) is 44.0 Å². The Bertz CT molecular complexity index is 439. The average molecular weight is 268 g/mol. The zero-order valence-electron chi connectivity index (χ0n) is 12.0. The van der Waals surface area contributed by atoms with Crippen LogP contribution in [-0.2, 0) is 4.74 Å². The molecule has 0 unspecified atom stereocenters. The van der Waals surface area contributed by atoms with Crippen molar-refractivity contribution in [2.75, 3.05) is 13.7 Å². The topological polar surface area (TPSA) is 35.5 Å². The highest BCUT2D eigenvalue weighted by Gasteiger charge is 2.37. The van der Waals surface area contributed by atoms with Gasteiger partial charge in [-0.25, -0.2) is 4.39 Å². The molecule has 0 bridgehead atoms. The molecule has 0 aromatic heterocycles. The van der Waals surface area contributed by atoms with Gasteiger partial charge in [0, 0.05) is 6.61 Å². The van der Waals surface area contributed by atoms with Gasteiger partial charge >= 0.3 is 0 Å². The summed E-state index contributed by atoms with van der Waals surface area (Å²) in [4.78, 5) is 12.6. The molecule has 0 aliphatic heterocycles. The average Bonchev–Trinajstić information content (AvgIpc) is 2.44. The minimum atomic E-state index is -0.956. The molecule has 0 radical (unpaired) electrons. The molecule has 0 heterocycles. The van der Waals surface area contributed by atoms with Gasteiger partial charge in [-0.1, -0.05) is 19.9 Å². The van der Waals surface area contributed by atoms with Gasteiger partial charge in [0.15, 0.2) is 17.3 Å². The van der Waals surface area contributed by atoms with Gasteiger partial charge in [-0.15, -0.1) is 0 Å². The lowest BCUT2D eigenvalue weighted by molar-refractivity contribution is -0.0253. The molecular formula is C15H21FO3. The van der Waals surface area contributed by atoms with E-state index in [1.54, 1.807) is 6.07 Å². The van der Waals surface area contributed by atoms with Gasteiger partial charge in [-0.2, -0.15) is 0 Å². The van der Waals surface area contributed by atoms with Crippen molar-refractivity contribution in [3.63, 3.8) is 0 Å². The largest absolute Gasteiger partial charge is 0.494 e. The van der Waals surface area contributed by atoms with Crippen molar-refractivity contribution in [2.24, 2.45) is 0 Å². The summed E-state index contributed by atoms with van der Waals surface area (Å²) in [5, 5.41) is 0. The third-order valence-electron chi connectivity index (χ3n) is 3.40. The molecule has 0 aliphatic carbocycles. The molecule has 4 heteroatoms. The SMILES string of the molecule is CCOC(CC)(CC)C(=O)c1cccc(OC)c1F. The third kappa shape index (κ3) is 2.95. The summed E-state index contributed by atoms with van der Waals surface area (Å²) in [7, 11) is 1.38. The van der Waals surface area contributed by atoms with Crippen LogP contribution in [0.5, 0.6) is 5.75 Å². The molecule has 0 fully saturated rings. The van der Waals surface area contributed by atoms with Gasteiger partial charge in [0.2, 0.25) is 0 Å². The van der Waals surface area contributed by atoms with Crippen molar-refractivity contribution in [1.29, 1.82) is 0 Å². The standard InChI is InChI=1S/C15H21FO3/c1-5-15(6-2,19-7-3)14(17)11-9-8-10-12(18-4)13(11)16/h8-10H,5-7H2,1-4H3. The van der Waals surface area contributed by atoms with Gasteiger partial charge in [-0.05, 0) is 31.9 Å². The lowest BCUT2D eigenvalue weighted by atomic mass is 9.87. The van der Waals surface area contributed by atoms with E-state index in [1.165, 1.54) is 19.2 Å². The number of Topliss-reactive ketones (excluding diaryl/α,β-unsaturated/α-hetero) is 1. The summed E-state index contributed by atoms with van der Waals surface area (Å²) in [6.07, 6.45) is 1.01. The summed E-state index contributed by atoms with van der Waals surface area (Å²) in [6.45, 7) is 5.98. The predicted molar refractivity (Wildman–Crippen MR) is 72.2 cm³/mol. The maximum absolute atomic E-state index is 14.2. The number of benzene rings is 1. The molecule has 0 atom stereocenters. The molecular weight excluding hydrogens is 247 g/mol. The van der Waals surface area contributed by atoms with Crippen molar-refractivity contribution in [3.8, 4) is 5.75 Å². The van der Waals surface area contributed by atoms with E-state index in [1.807, 2.05) is 20.8 Å². The maximum atomic E-state index is 14.2. The van der Waals surface area contributed by atoms with E-state index in [2.05, 4.69) is 0 Å². The minimum Gasteiger partial charge on any atom is -0.494 e. The zero-order valence-corrected chi connectivity index (χ0v) is 12.0. The Morgan fingerprint density at radius 3 is 2.37 bits per heavy atom. The molecule has 0 spiro atoms. The molecule has 1 rings (SSSR count). The van der Waals surface area contributed by atoms with E-state index >= 15 is 0 Å². The first kappa shape index (κ1) is 15.6. The number of rotatable bonds is 7. The molecule has 106 valence electrons. The Balaban J connectivity index is 3.24. The van der Waals surface area contributed by atoms with Crippen molar-refractivity contribution in [2.45, 2.75) is 39.2 Å². The number of hydrogen-bond acceptors (Lipinski definition) is 3. The molecule has 0 aliphatic rings. The van der Waals surface area contributed by atoms with Crippen LogP contribution in [0.15, 0.2) is 18.2 Å². The lowest BCUT2D eigenvalue weighted by Gasteiger charge is -2.30. The van der Waals surface area contributed by atoms with Gasteiger partial charge in [0.1, 0.15) is 5.60 Å². The summed E-state index contributed by atoms with van der Waals surface area (Å²) in [5.74, 6) is -0.875. The van der Waals surface area contributed by atoms with Crippen molar-refractivity contribution in [3.05, 3.63) is 29.6 Å². The highest BCUT2D eigenvalue weighted by atomic mass is 19.1. The minimum absolute atomic E-state index is 0.0245. The molecule has 3 nitrogen and oxygen atoms in total. The summed E-state index contributed by atoms with van der Waals surface area (Å²) < 4.78 is 24.7. The Labute approximate surface area is 113 Å². The van der Waals surface area contributed by atoms with Gasteiger partial charge in [0.05, 0.1) is 12.7 Å². The first-order valence-corrected chi connectivity index (χ1v) is 6.57. The fourth-order valence-electron chi connectivity index (χ4n) is 2.21. The van der Waals surface area contributed by atoms with Crippen LogP contribution in [0.4, 0.5) is 4.39 Å². The first-order chi connectivity index (χ1) is 9.06. The number of ether oxygens (including phenoxy) is 2. The van der Waals surface area contributed by atoms with Crippen LogP contribution in [0.3, 0.4) is 0 Å². The number of methoxy groups -OCH3 is 1. The Hall–Kier alpha value is -1.42. The van der Waals surface area contributed by atoms with Crippen molar-refractivity contribution < 1.29 is 18.7 Å².